The summed E-state index contributed by atoms with van der Waals surface area (Å²) in [6, 6.07) is 7.50. The highest BCUT2D eigenvalue weighted by atomic mass is 32.2. The molecule has 126 valence electrons. The molecule has 0 saturated heterocycles. The lowest BCUT2D eigenvalue weighted by molar-refractivity contribution is -0.150. The molecule has 1 aromatic rings. The zero-order valence-electron chi connectivity index (χ0n) is 13.3. The third kappa shape index (κ3) is 4.89. The lowest BCUT2D eigenvalue weighted by Crippen LogP contribution is -2.44. The van der Waals surface area contributed by atoms with Gasteiger partial charge in [0.2, 0.25) is 5.91 Å². The molecule has 0 heterocycles. The summed E-state index contributed by atoms with van der Waals surface area (Å²) in [5, 5.41) is 12.3. The van der Waals surface area contributed by atoms with Crippen molar-refractivity contribution in [2.75, 3.05) is 19.4 Å². The van der Waals surface area contributed by atoms with Crippen molar-refractivity contribution in [2.24, 2.45) is 5.41 Å². The summed E-state index contributed by atoms with van der Waals surface area (Å²) >= 11 is 1.43. The Labute approximate surface area is 140 Å². The topological polar surface area (TPSA) is 75.6 Å². The van der Waals surface area contributed by atoms with Crippen molar-refractivity contribution in [3.63, 3.8) is 0 Å². The minimum absolute atomic E-state index is 0.128. The van der Waals surface area contributed by atoms with E-state index in [1.54, 1.807) is 7.11 Å². The maximum absolute atomic E-state index is 12.0. The summed E-state index contributed by atoms with van der Waals surface area (Å²) < 4.78 is 5.09. The Morgan fingerprint density at radius 2 is 1.87 bits per heavy atom. The molecule has 1 fully saturated rings. The number of carboxylic acids is 1. The predicted octanol–water partition coefficient (Wildman–Crippen LogP) is 2.94. The van der Waals surface area contributed by atoms with Crippen molar-refractivity contribution < 1.29 is 19.4 Å². The highest BCUT2D eigenvalue weighted by Gasteiger charge is 2.39. The molecule has 0 aliphatic heterocycles. The Hall–Kier alpha value is -1.69. The van der Waals surface area contributed by atoms with Crippen LogP contribution >= 0.6 is 11.8 Å². The largest absolute Gasteiger partial charge is 0.497 e. The molecule has 23 heavy (non-hydrogen) atoms. The molecule has 2 N–H and O–H groups in total. The van der Waals surface area contributed by atoms with Crippen molar-refractivity contribution in [1.29, 1.82) is 0 Å². The van der Waals surface area contributed by atoms with Crippen LogP contribution in [-0.4, -0.2) is 36.4 Å². The minimum Gasteiger partial charge on any atom is -0.497 e. The smallest absolute Gasteiger partial charge is 0.311 e. The molecule has 0 spiro atoms. The maximum Gasteiger partial charge on any atom is 0.311 e. The predicted molar refractivity (Wildman–Crippen MR) is 89.9 cm³/mol. The zero-order chi connectivity index (χ0) is 16.7. The van der Waals surface area contributed by atoms with E-state index in [4.69, 9.17) is 4.74 Å². The van der Waals surface area contributed by atoms with E-state index in [2.05, 4.69) is 5.32 Å². The molecule has 1 aromatic carbocycles. The van der Waals surface area contributed by atoms with Crippen LogP contribution in [0.5, 0.6) is 5.75 Å². The monoisotopic (exact) mass is 337 g/mol. The number of thioether (sulfide) groups is 1. The number of hydrogen-bond acceptors (Lipinski definition) is 4. The molecule has 6 heteroatoms. The number of nitrogens with one attached hydrogen (secondary N) is 1. The van der Waals surface area contributed by atoms with E-state index < -0.39 is 11.4 Å². The van der Waals surface area contributed by atoms with Gasteiger partial charge in [0, 0.05) is 11.4 Å². The summed E-state index contributed by atoms with van der Waals surface area (Å²) in [6.45, 7) is 0.227. The van der Waals surface area contributed by atoms with Crippen LogP contribution in [-0.2, 0) is 9.59 Å². The lowest BCUT2D eigenvalue weighted by Gasteiger charge is -2.33. The van der Waals surface area contributed by atoms with Crippen LogP contribution in [0.15, 0.2) is 29.2 Å². The molecule has 0 aromatic heterocycles. The van der Waals surface area contributed by atoms with Gasteiger partial charge in [-0.3, -0.25) is 9.59 Å². The number of hydrogen-bond donors (Lipinski definition) is 2. The van der Waals surface area contributed by atoms with E-state index in [1.807, 2.05) is 24.3 Å². The molecule has 0 bridgehead atoms. The number of rotatable bonds is 7. The van der Waals surface area contributed by atoms with E-state index in [0.717, 1.165) is 29.9 Å². The van der Waals surface area contributed by atoms with E-state index in [9.17, 15) is 14.7 Å². The molecule has 1 amide bonds. The van der Waals surface area contributed by atoms with E-state index in [1.165, 1.54) is 11.8 Å². The summed E-state index contributed by atoms with van der Waals surface area (Å²) in [5.41, 5.74) is -0.779. The number of aliphatic carboxylic acids is 1. The first kappa shape index (κ1) is 17.7. The summed E-state index contributed by atoms with van der Waals surface area (Å²) in [4.78, 5) is 24.5. The second kappa shape index (κ2) is 8.24. The van der Waals surface area contributed by atoms with Crippen LogP contribution in [0, 0.1) is 5.41 Å². The number of benzene rings is 1. The molecule has 5 nitrogen and oxygen atoms in total. The molecule has 1 aliphatic carbocycles. The minimum atomic E-state index is -0.791. The molecule has 0 atom stereocenters. The van der Waals surface area contributed by atoms with Crippen LogP contribution < -0.4 is 10.1 Å². The molecule has 2 rings (SSSR count). The number of carbonyl (C=O) groups is 2. The van der Waals surface area contributed by atoms with Gasteiger partial charge >= 0.3 is 5.97 Å². The molecule has 0 unspecified atom stereocenters. The Balaban J connectivity index is 1.80. The average molecular weight is 337 g/mol. The van der Waals surface area contributed by atoms with Gasteiger partial charge in [-0.1, -0.05) is 19.3 Å². The van der Waals surface area contributed by atoms with Gasteiger partial charge in [-0.15, -0.1) is 11.8 Å². The second-order valence-corrected chi connectivity index (χ2v) is 6.94. The van der Waals surface area contributed by atoms with E-state index >= 15 is 0 Å². The van der Waals surface area contributed by atoms with E-state index in [0.29, 0.717) is 12.8 Å². The lowest BCUT2D eigenvalue weighted by atomic mass is 9.74. The van der Waals surface area contributed by atoms with Crippen LogP contribution in [0.3, 0.4) is 0 Å². The van der Waals surface area contributed by atoms with Gasteiger partial charge in [-0.2, -0.15) is 0 Å². The highest BCUT2D eigenvalue weighted by Crippen LogP contribution is 2.36. The van der Waals surface area contributed by atoms with Gasteiger partial charge in [0.1, 0.15) is 5.75 Å². The van der Waals surface area contributed by atoms with Crippen molar-refractivity contribution in [1.82, 2.24) is 5.32 Å². The summed E-state index contributed by atoms with van der Waals surface area (Å²) in [5.74, 6) is 0.138. The SMILES string of the molecule is COc1ccc(SCC(=O)NCC2(C(=O)O)CCCCC2)cc1. The van der Waals surface area contributed by atoms with Crippen molar-refractivity contribution in [3.05, 3.63) is 24.3 Å². The Morgan fingerprint density at radius 1 is 1.22 bits per heavy atom. The van der Waals surface area contributed by atoms with Crippen molar-refractivity contribution in [3.8, 4) is 5.75 Å². The number of carbonyl (C=O) groups excluding carboxylic acids is 1. The number of amides is 1. The van der Waals surface area contributed by atoms with Crippen LogP contribution in [0.1, 0.15) is 32.1 Å². The van der Waals surface area contributed by atoms with Gasteiger partial charge in [-0.25, -0.2) is 0 Å². The van der Waals surface area contributed by atoms with Crippen LogP contribution in [0.2, 0.25) is 0 Å². The van der Waals surface area contributed by atoms with Crippen molar-refractivity contribution in [2.45, 2.75) is 37.0 Å². The van der Waals surface area contributed by atoms with Gasteiger partial charge in [0.25, 0.3) is 0 Å². The van der Waals surface area contributed by atoms with Gasteiger partial charge in [-0.05, 0) is 37.1 Å². The zero-order valence-corrected chi connectivity index (χ0v) is 14.2. The summed E-state index contributed by atoms with van der Waals surface area (Å²) in [7, 11) is 1.61. The second-order valence-electron chi connectivity index (χ2n) is 5.89. The summed E-state index contributed by atoms with van der Waals surface area (Å²) in [6.07, 6.45) is 4.21. The standard InChI is InChI=1S/C17H23NO4S/c1-22-13-5-7-14(8-6-13)23-11-15(19)18-12-17(16(20)21)9-3-2-4-10-17/h5-8H,2-4,9-12H2,1H3,(H,18,19)(H,20,21). The Kier molecular flexibility index (Phi) is 6.33. The van der Waals surface area contributed by atoms with E-state index in [-0.39, 0.29) is 18.2 Å². The fraction of sp³-hybridized carbons (Fsp3) is 0.529. The van der Waals surface area contributed by atoms with Gasteiger partial charge in [0.05, 0.1) is 18.3 Å². The third-order valence-corrected chi connectivity index (χ3v) is 5.33. The first-order valence-electron chi connectivity index (χ1n) is 7.83. The fourth-order valence-corrected chi connectivity index (χ4v) is 3.56. The average Bonchev–Trinajstić information content (AvgIpc) is 2.59. The number of ether oxygens (including phenoxy) is 1. The maximum atomic E-state index is 12.0. The molecular weight excluding hydrogens is 314 g/mol. The van der Waals surface area contributed by atoms with Gasteiger partial charge < -0.3 is 15.2 Å². The quantitative estimate of drug-likeness (QED) is 0.748. The molecule has 1 aliphatic rings. The number of carboxylic acid groups (broad SMARTS) is 1. The van der Waals surface area contributed by atoms with Crippen LogP contribution in [0.25, 0.3) is 0 Å². The van der Waals surface area contributed by atoms with Gasteiger partial charge in [0.15, 0.2) is 0 Å². The highest BCUT2D eigenvalue weighted by molar-refractivity contribution is 8.00. The molecule has 0 radical (unpaired) electrons. The van der Waals surface area contributed by atoms with Crippen LogP contribution in [0.4, 0.5) is 0 Å². The van der Waals surface area contributed by atoms with Crippen molar-refractivity contribution >= 4 is 23.6 Å². The first-order chi connectivity index (χ1) is 11.1. The first-order valence-corrected chi connectivity index (χ1v) is 8.81. The Morgan fingerprint density at radius 3 is 2.43 bits per heavy atom. The third-order valence-electron chi connectivity index (χ3n) is 4.32. The Bertz CT molecular complexity index is 538. The number of methoxy groups -OCH3 is 1. The normalized spacial score (nSPS) is 16.6. The molecule has 1 saturated carbocycles. The molecular formula is C17H23NO4S. The fourth-order valence-electron chi connectivity index (χ4n) is 2.83.